The zero-order valence-corrected chi connectivity index (χ0v) is 11.1. The number of hydrogen-bond donors (Lipinski definition) is 2. The van der Waals surface area contributed by atoms with E-state index in [2.05, 4.69) is 45.1 Å². The fourth-order valence-electron chi connectivity index (χ4n) is 1.52. The van der Waals surface area contributed by atoms with Crippen molar-refractivity contribution in [3.63, 3.8) is 0 Å². The number of H-pyrrole nitrogens is 1. The fraction of sp³-hybridized carbons (Fsp3) is 0.636. The molecule has 0 spiro atoms. The number of rotatable bonds is 4. The molecule has 4 nitrogen and oxygen atoms in total. The zero-order chi connectivity index (χ0) is 11.7. The number of halogens is 1. The third-order valence-corrected chi connectivity index (χ3v) is 3.27. The molecule has 1 aliphatic carbocycles. The molecule has 1 aromatic rings. The maximum absolute atomic E-state index is 11.7. The lowest BCUT2D eigenvalue weighted by atomic mass is 10.1. The van der Waals surface area contributed by atoms with Crippen molar-refractivity contribution in [2.24, 2.45) is 5.92 Å². The third-order valence-electron chi connectivity index (χ3n) is 2.45. The van der Waals surface area contributed by atoms with Gasteiger partial charge in [0.05, 0.1) is 5.69 Å². The van der Waals surface area contributed by atoms with Crippen LogP contribution in [0, 0.1) is 5.92 Å². The van der Waals surface area contributed by atoms with E-state index in [0.717, 1.165) is 12.1 Å². The van der Waals surface area contributed by atoms with Crippen molar-refractivity contribution in [1.29, 1.82) is 0 Å². The van der Waals surface area contributed by atoms with Crippen LogP contribution in [-0.2, 0) is 6.42 Å². The Labute approximate surface area is 103 Å². The minimum Gasteiger partial charge on any atom is -0.353 e. The van der Waals surface area contributed by atoms with Crippen LogP contribution in [0.2, 0.25) is 0 Å². The second-order valence-corrected chi connectivity index (χ2v) is 5.48. The van der Waals surface area contributed by atoms with E-state index in [9.17, 15) is 4.79 Å². The molecule has 0 atom stereocenters. The number of aromatic amines is 1. The van der Waals surface area contributed by atoms with E-state index < -0.39 is 0 Å². The quantitative estimate of drug-likeness (QED) is 0.893. The van der Waals surface area contributed by atoms with Gasteiger partial charge in [0.25, 0.3) is 5.56 Å². The van der Waals surface area contributed by atoms with E-state index >= 15 is 0 Å². The fourth-order valence-corrected chi connectivity index (χ4v) is 1.87. The van der Waals surface area contributed by atoms with Crippen molar-refractivity contribution < 1.29 is 0 Å². The summed E-state index contributed by atoms with van der Waals surface area (Å²) in [4.78, 5) is 18.8. The summed E-state index contributed by atoms with van der Waals surface area (Å²) in [6, 6.07) is 0.497. The molecule has 0 aromatic carbocycles. The van der Waals surface area contributed by atoms with Gasteiger partial charge in [-0.2, -0.15) is 0 Å². The van der Waals surface area contributed by atoms with Gasteiger partial charge in [0.15, 0.2) is 0 Å². The van der Waals surface area contributed by atoms with Gasteiger partial charge in [-0.25, -0.2) is 4.98 Å². The molecule has 0 saturated heterocycles. The molecular weight excluding hydrogens is 270 g/mol. The molecule has 5 heteroatoms. The van der Waals surface area contributed by atoms with E-state index in [-0.39, 0.29) is 5.56 Å². The summed E-state index contributed by atoms with van der Waals surface area (Å²) in [5, 5.41) is 3.21. The number of hydrogen-bond acceptors (Lipinski definition) is 3. The van der Waals surface area contributed by atoms with E-state index in [0.29, 0.717) is 22.4 Å². The first kappa shape index (κ1) is 11.6. The molecule has 88 valence electrons. The van der Waals surface area contributed by atoms with Gasteiger partial charge in [-0.15, -0.1) is 0 Å². The maximum atomic E-state index is 11.7. The van der Waals surface area contributed by atoms with Gasteiger partial charge in [-0.1, -0.05) is 13.8 Å². The number of nitrogens with one attached hydrogen (secondary N) is 2. The lowest BCUT2D eigenvalue weighted by molar-refractivity contribution is 0.631. The van der Waals surface area contributed by atoms with Gasteiger partial charge >= 0.3 is 0 Å². The SMILES string of the molecule is CC(C)Cc1nc(NC2CC2)[nH]c(=O)c1Br. The summed E-state index contributed by atoms with van der Waals surface area (Å²) < 4.78 is 0.558. The van der Waals surface area contributed by atoms with Crippen LogP contribution >= 0.6 is 15.9 Å². The van der Waals surface area contributed by atoms with Crippen LogP contribution in [0.15, 0.2) is 9.27 Å². The Morgan fingerprint density at radius 2 is 2.25 bits per heavy atom. The predicted octanol–water partition coefficient (Wildman–Crippen LogP) is 2.31. The van der Waals surface area contributed by atoms with Gasteiger partial charge < -0.3 is 5.32 Å². The van der Waals surface area contributed by atoms with E-state index in [4.69, 9.17) is 0 Å². The minimum atomic E-state index is -0.103. The molecule has 1 fully saturated rings. The summed E-state index contributed by atoms with van der Waals surface area (Å²) in [6.45, 7) is 4.23. The molecule has 0 unspecified atom stereocenters. The molecule has 1 aliphatic rings. The van der Waals surface area contributed by atoms with Crippen LogP contribution in [-0.4, -0.2) is 16.0 Å². The lowest BCUT2D eigenvalue weighted by Crippen LogP contribution is -2.18. The first-order valence-corrected chi connectivity index (χ1v) is 6.40. The Bertz CT molecular complexity index is 437. The summed E-state index contributed by atoms with van der Waals surface area (Å²) in [5.41, 5.74) is 0.732. The molecule has 1 saturated carbocycles. The van der Waals surface area contributed by atoms with Crippen molar-refractivity contribution in [2.75, 3.05) is 5.32 Å². The van der Waals surface area contributed by atoms with E-state index in [1.165, 1.54) is 12.8 Å². The van der Waals surface area contributed by atoms with Gasteiger partial charge in [-0.05, 0) is 41.1 Å². The van der Waals surface area contributed by atoms with Crippen LogP contribution in [0.25, 0.3) is 0 Å². The normalized spacial score (nSPS) is 15.5. The van der Waals surface area contributed by atoms with Crippen LogP contribution < -0.4 is 10.9 Å². The van der Waals surface area contributed by atoms with Crippen molar-refractivity contribution in [3.05, 3.63) is 20.5 Å². The van der Waals surface area contributed by atoms with Crippen LogP contribution in [0.1, 0.15) is 32.4 Å². The molecule has 2 N–H and O–H groups in total. The third kappa shape index (κ3) is 2.84. The van der Waals surface area contributed by atoms with Gasteiger partial charge in [0.1, 0.15) is 4.47 Å². The van der Waals surface area contributed by atoms with Gasteiger partial charge in [-0.3, -0.25) is 9.78 Å². The van der Waals surface area contributed by atoms with E-state index in [1.807, 2.05) is 0 Å². The Morgan fingerprint density at radius 1 is 1.56 bits per heavy atom. The highest BCUT2D eigenvalue weighted by molar-refractivity contribution is 9.10. The Morgan fingerprint density at radius 3 is 2.81 bits per heavy atom. The minimum absolute atomic E-state index is 0.103. The van der Waals surface area contributed by atoms with Crippen molar-refractivity contribution in [2.45, 2.75) is 39.2 Å². The highest BCUT2D eigenvalue weighted by Crippen LogP contribution is 2.23. The first-order valence-electron chi connectivity index (χ1n) is 5.61. The van der Waals surface area contributed by atoms with E-state index in [1.54, 1.807) is 0 Å². The van der Waals surface area contributed by atoms with Gasteiger partial charge in [0.2, 0.25) is 5.95 Å². The first-order chi connectivity index (χ1) is 7.56. The van der Waals surface area contributed by atoms with Crippen molar-refractivity contribution in [3.8, 4) is 0 Å². The molecule has 0 bridgehead atoms. The molecule has 1 aromatic heterocycles. The van der Waals surface area contributed by atoms with Gasteiger partial charge in [0, 0.05) is 6.04 Å². The Kier molecular flexibility index (Phi) is 3.33. The van der Waals surface area contributed by atoms with Crippen molar-refractivity contribution >= 4 is 21.9 Å². The standard InChI is InChI=1S/C11H16BrN3O/c1-6(2)5-8-9(12)10(16)15-11(14-8)13-7-3-4-7/h6-7H,3-5H2,1-2H3,(H2,13,14,15,16). The predicted molar refractivity (Wildman–Crippen MR) is 67.7 cm³/mol. The lowest BCUT2D eigenvalue weighted by Gasteiger charge is -2.09. The Balaban J connectivity index is 2.26. The highest BCUT2D eigenvalue weighted by Gasteiger charge is 2.22. The molecule has 2 rings (SSSR count). The molecule has 16 heavy (non-hydrogen) atoms. The topological polar surface area (TPSA) is 57.8 Å². The molecule has 0 radical (unpaired) electrons. The second-order valence-electron chi connectivity index (χ2n) is 4.69. The summed E-state index contributed by atoms with van der Waals surface area (Å²) in [7, 11) is 0. The smallest absolute Gasteiger partial charge is 0.266 e. The summed E-state index contributed by atoms with van der Waals surface area (Å²) in [5.74, 6) is 1.09. The largest absolute Gasteiger partial charge is 0.353 e. The summed E-state index contributed by atoms with van der Waals surface area (Å²) in [6.07, 6.45) is 3.14. The number of nitrogens with zero attached hydrogens (tertiary/aromatic N) is 1. The maximum Gasteiger partial charge on any atom is 0.266 e. The molecule has 0 amide bonds. The van der Waals surface area contributed by atoms with Crippen LogP contribution in [0.5, 0.6) is 0 Å². The second kappa shape index (κ2) is 4.57. The zero-order valence-electron chi connectivity index (χ0n) is 9.51. The summed E-state index contributed by atoms with van der Waals surface area (Å²) >= 11 is 3.29. The monoisotopic (exact) mass is 285 g/mol. The van der Waals surface area contributed by atoms with Crippen molar-refractivity contribution in [1.82, 2.24) is 9.97 Å². The molecule has 1 heterocycles. The number of aromatic nitrogens is 2. The molecule has 0 aliphatic heterocycles. The van der Waals surface area contributed by atoms with Crippen LogP contribution in [0.3, 0.4) is 0 Å². The molecular formula is C11H16BrN3O. The highest BCUT2D eigenvalue weighted by atomic mass is 79.9. The number of anilines is 1. The average Bonchev–Trinajstić information content (AvgIpc) is 2.96. The van der Waals surface area contributed by atoms with Crippen LogP contribution in [0.4, 0.5) is 5.95 Å². The average molecular weight is 286 g/mol. The Hall–Kier alpha value is -0.840.